The Morgan fingerprint density at radius 2 is 1.73 bits per heavy atom. The zero-order valence-corrected chi connectivity index (χ0v) is 13.7. The van der Waals surface area contributed by atoms with Crippen molar-refractivity contribution in [2.45, 2.75) is 24.8 Å². The Kier molecular flexibility index (Phi) is 7.07. The van der Waals surface area contributed by atoms with Crippen LogP contribution in [0.2, 0.25) is 0 Å². The number of methoxy groups -OCH3 is 1. The van der Waals surface area contributed by atoms with Gasteiger partial charge >= 0.3 is 6.18 Å². The van der Waals surface area contributed by atoms with E-state index >= 15 is 0 Å². The van der Waals surface area contributed by atoms with Gasteiger partial charge in [0.1, 0.15) is 0 Å². The zero-order valence-electron chi connectivity index (χ0n) is 11.5. The van der Waals surface area contributed by atoms with Crippen molar-refractivity contribution in [3.8, 4) is 12.1 Å². The lowest BCUT2D eigenvalue weighted by atomic mass is 9.98. The molecule has 0 fully saturated rings. The zero-order chi connectivity index (χ0) is 16.8. The fraction of sp³-hybridized carbons (Fsp3) is 0.429. The molecule has 2 unspecified atom stereocenters. The van der Waals surface area contributed by atoms with Gasteiger partial charge in [0, 0.05) is 13.5 Å². The van der Waals surface area contributed by atoms with Gasteiger partial charge in [-0.15, -0.1) is 0 Å². The van der Waals surface area contributed by atoms with Gasteiger partial charge in [0.2, 0.25) is 0 Å². The van der Waals surface area contributed by atoms with E-state index in [0.717, 1.165) is 7.11 Å². The molecule has 0 aliphatic carbocycles. The number of benzene rings is 1. The lowest BCUT2D eigenvalue weighted by Crippen LogP contribution is -2.32. The minimum atomic E-state index is -4.52. The van der Waals surface area contributed by atoms with E-state index in [1.807, 2.05) is 34.7 Å². The van der Waals surface area contributed by atoms with Crippen molar-refractivity contribution in [1.82, 2.24) is 0 Å². The van der Waals surface area contributed by atoms with Crippen molar-refractivity contribution in [2.75, 3.05) is 11.7 Å². The summed E-state index contributed by atoms with van der Waals surface area (Å²) in [5.74, 6) is 0. The molecule has 22 heavy (non-hydrogen) atoms. The van der Waals surface area contributed by atoms with Crippen LogP contribution in [0.15, 0.2) is 18.2 Å². The van der Waals surface area contributed by atoms with Gasteiger partial charge in [0.25, 0.3) is 0 Å². The van der Waals surface area contributed by atoms with E-state index in [1.54, 1.807) is 0 Å². The highest BCUT2D eigenvalue weighted by Gasteiger charge is 2.41. The summed E-state index contributed by atoms with van der Waals surface area (Å²) in [7, 11) is 0.978. The number of nitriles is 2. The summed E-state index contributed by atoms with van der Waals surface area (Å²) in [6.45, 7) is 0. The Morgan fingerprint density at radius 1 is 1.18 bits per heavy atom. The van der Waals surface area contributed by atoms with Crippen molar-refractivity contribution in [3.63, 3.8) is 0 Å². The number of ether oxygens (including phenoxy) is 2. The topological polar surface area (TPSA) is 66.0 Å². The molecular weight excluding hydrogens is 412 g/mol. The van der Waals surface area contributed by atoms with Crippen LogP contribution in [0.3, 0.4) is 0 Å². The van der Waals surface area contributed by atoms with Gasteiger partial charge in [-0.2, -0.15) is 23.7 Å². The Bertz CT molecular complexity index is 561. The molecule has 0 amide bonds. The second-order valence-electron chi connectivity index (χ2n) is 4.33. The molecule has 2 atom stereocenters. The predicted octanol–water partition coefficient (Wildman–Crippen LogP) is 3.85. The number of hydrogen-bond acceptors (Lipinski definition) is 4. The summed E-state index contributed by atoms with van der Waals surface area (Å²) >= 11 is 1.87. The smallest absolute Gasteiger partial charge is 0.372 e. The van der Waals surface area contributed by atoms with Crippen LogP contribution in [0, 0.1) is 22.7 Å². The normalized spacial score (nSPS) is 14.0. The van der Waals surface area contributed by atoms with E-state index in [1.165, 1.54) is 18.2 Å². The molecule has 1 aromatic carbocycles. The summed E-state index contributed by atoms with van der Waals surface area (Å²) in [4.78, 5) is 0. The molecule has 0 bridgehead atoms. The van der Waals surface area contributed by atoms with Gasteiger partial charge in [0.15, 0.2) is 6.10 Å². The Balaban J connectivity index is 3.16. The van der Waals surface area contributed by atoms with Crippen LogP contribution < -0.4 is 0 Å². The van der Waals surface area contributed by atoms with Crippen molar-refractivity contribution in [2.24, 2.45) is 0 Å². The third-order valence-electron chi connectivity index (χ3n) is 2.93. The maximum Gasteiger partial charge on any atom is 0.414 e. The monoisotopic (exact) mass is 424 g/mol. The summed E-state index contributed by atoms with van der Waals surface area (Å²) in [5, 5.41) is 17.9. The predicted molar refractivity (Wildman–Crippen MR) is 80.1 cm³/mol. The van der Waals surface area contributed by atoms with E-state index in [-0.39, 0.29) is 15.7 Å². The molecule has 0 aliphatic heterocycles. The minimum Gasteiger partial charge on any atom is -0.372 e. The number of halogens is 4. The number of hydrogen-bond donors (Lipinski definition) is 0. The van der Waals surface area contributed by atoms with E-state index in [0.29, 0.717) is 5.56 Å². The fourth-order valence-electron chi connectivity index (χ4n) is 1.90. The van der Waals surface area contributed by atoms with Gasteiger partial charge < -0.3 is 9.47 Å². The van der Waals surface area contributed by atoms with E-state index < -0.39 is 24.8 Å². The van der Waals surface area contributed by atoms with Crippen LogP contribution in [0.1, 0.15) is 29.2 Å². The van der Waals surface area contributed by atoms with Gasteiger partial charge in [-0.3, -0.25) is 0 Å². The van der Waals surface area contributed by atoms with Gasteiger partial charge in [0.05, 0.1) is 34.0 Å². The lowest BCUT2D eigenvalue weighted by Gasteiger charge is -2.24. The fourth-order valence-corrected chi connectivity index (χ4v) is 2.34. The van der Waals surface area contributed by atoms with E-state index in [9.17, 15) is 13.2 Å². The first-order chi connectivity index (χ1) is 10.3. The molecule has 0 saturated carbocycles. The van der Waals surface area contributed by atoms with Crippen molar-refractivity contribution in [1.29, 1.82) is 10.5 Å². The Hall–Kier alpha value is -1.36. The summed E-state index contributed by atoms with van der Waals surface area (Å²) in [6, 6.07) is 7.95. The van der Waals surface area contributed by atoms with Gasteiger partial charge in [-0.05, 0) is 23.8 Å². The van der Waals surface area contributed by atoms with Crippen LogP contribution in [-0.2, 0) is 9.47 Å². The number of nitrogens with zero attached hydrogens (tertiary/aromatic N) is 2. The molecule has 1 rings (SSSR count). The Labute approximate surface area is 139 Å². The highest BCUT2D eigenvalue weighted by molar-refractivity contribution is 14.1. The molecule has 0 aromatic heterocycles. The summed E-state index contributed by atoms with van der Waals surface area (Å²) in [5.41, 5.74) is 0.729. The third kappa shape index (κ3) is 5.13. The first-order valence-electron chi connectivity index (χ1n) is 6.08. The van der Waals surface area contributed by atoms with E-state index in [2.05, 4.69) is 4.74 Å². The van der Waals surface area contributed by atoms with Crippen LogP contribution in [0.5, 0.6) is 0 Å². The third-order valence-corrected chi connectivity index (χ3v) is 3.29. The second kappa shape index (κ2) is 8.32. The van der Waals surface area contributed by atoms with Crippen LogP contribution in [0.25, 0.3) is 0 Å². The highest BCUT2D eigenvalue weighted by Crippen LogP contribution is 2.33. The molecule has 4 nitrogen and oxygen atoms in total. The Morgan fingerprint density at radius 3 is 2.09 bits per heavy atom. The number of alkyl halides is 4. The van der Waals surface area contributed by atoms with Gasteiger partial charge in [-0.1, -0.05) is 22.6 Å². The van der Waals surface area contributed by atoms with Crippen molar-refractivity contribution < 1.29 is 22.6 Å². The second-order valence-corrected chi connectivity index (χ2v) is 4.96. The lowest BCUT2D eigenvalue weighted by molar-refractivity contribution is -0.221. The molecule has 118 valence electrons. The quantitative estimate of drug-likeness (QED) is 0.514. The number of rotatable bonds is 6. The molecule has 0 heterocycles. The first kappa shape index (κ1) is 18.7. The maximum atomic E-state index is 12.8. The van der Waals surface area contributed by atoms with Crippen LogP contribution in [0.4, 0.5) is 13.2 Å². The van der Waals surface area contributed by atoms with Crippen LogP contribution in [-0.4, -0.2) is 24.0 Å². The standard InChI is InChI=1S/C14H12F3IN2O2/c1-21-13(14(15,16)17)5-12(22-8-18)11-3-9(6-19)2-10(4-11)7-20/h2-4,12-13H,5,8H2,1H3. The summed E-state index contributed by atoms with van der Waals surface area (Å²) < 4.78 is 48.5. The molecule has 0 saturated heterocycles. The molecular formula is C14H12F3IN2O2. The maximum absolute atomic E-state index is 12.8. The average Bonchev–Trinajstić information content (AvgIpc) is 2.49. The molecule has 0 aliphatic rings. The van der Waals surface area contributed by atoms with Crippen molar-refractivity contribution in [3.05, 3.63) is 34.9 Å². The van der Waals surface area contributed by atoms with Gasteiger partial charge in [-0.25, -0.2) is 0 Å². The molecule has 0 N–H and O–H groups in total. The molecule has 0 radical (unpaired) electrons. The summed E-state index contributed by atoms with van der Waals surface area (Å²) in [6.07, 6.45) is -7.89. The van der Waals surface area contributed by atoms with Crippen molar-refractivity contribution >= 4 is 22.6 Å². The first-order valence-corrected chi connectivity index (χ1v) is 7.60. The molecule has 1 aromatic rings. The van der Waals surface area contributed by atoms with E-state index in [4.69, 9.17) is 15.3 Å². The average molecular weight is 424 g/mol. The molecule has 0 spiro atoms. The highest BCUT2D eigenvalue weighted by atomic mass is 127. The molecule has 8 heteroatoms. The largest absolute Gasteiger partial charge is 0.414 e. The minimum absolute atomic E-state index is 0.162. The SMILES string of the molecule is COC(CC(OCI)c1cc(C#N)cc(C#N)c1)C(F)(F)F. The van der Waals surface area contributed by atoms with Crippen LogP contribution >= 0.6 is 22.6 Å².